The molecule has 4 atom stereocenters. The maximum absolute atomic E-state index is 9.23. The Morgan fingerprint density at radius 2 is 2.27 bits per heavy atom. The van der Waals surface area contributed by atoms with Gasteiger partial charge in [0.25, 0.3) is 0 Å². The first-order chi connectivity index (χ1) is 10.7. The third-order valence-electron chi connectivity index (χ3n) is 2.58. The summed E-state index contributed by atoms with van der Waals surface area (Å²) in [6, 6.07) is 1.99. The molecule has 1 rings (SSSR count). The molecule has 1 heterocycles. The minimum absolute atomic E-state index is 0. The predicted molar refractivity (Wildman–Crippen MR) is 79.3 cm³/mol. The van der Waals surface area contributed by atoms with Gasteiger partial charge in [0.05, 0.1) is 39.8 Å². The Morgan fingerprint density at radius 3 is 2.95 bits per heavy atom. The molecule has 0 saturated carbocycles. The number of nitriles is 1. The predicted octanol–water partition coefficient (Wildman–Crippen LogP) is 2.46. The van der Waals surface area contributed by atoms with Crippen molar-refractivity contribution in [1.82, 2.24) is 0 Å². The van der Waals surface area contributed by atoms with E-state index in [-0.39, 0.29) is 40.7 Å². The van der Waals surface area contributed by atoms with Gasteiger partial charge in [-0.25, -0.2) is 0 Å². The van der Waals surface area contributed by atoms with Gasteiger partial charge in [-0.15, -0.1) is 0 Å². The topological polar surface area (TPSA) is 80.9 Å². The summed E-state index contributed by atoms with van der Waals surface area (Å²) in [7, 11) is -1.64. The molecule has 0 aromatic carbocycles. The maximum Gasteiger partial charge on any atom is 0.333 e. The molecule has 124 valence electrons. The van der Waals surface area contributed by atoms with Crippen LogP contribution in [0.2, 0.25) is 0 Å². The molecular weight excluding hydrogens is 477 g/mol. The van der Waals surface area contributed by atoms with Gasteiger partial charge in [-0.05, 0) is 6.42 Å². The van der Waals surface area contributed by atoms with Gasteiger partial charge in [0.15, 0.2) is 0 Å². The normalized spacial score (nSPS) is 26.2. The minimum atomic E-state index is -1.64. The average Bonchev–Trinajstić information content (AvgIpc) is 2.86. The molecule has 1 aliphatic heterocycles. The second-order valence-electron chi connectivity index (χ2n) is 4.15. The van der Waals surface area contributed by atoms with Crippen LogP contribution in [0.25, 0.3) is 0 Å². The Kier molecular flexibility index (Phi) is 13.1. The average molecular weight is 501 g/mol. The molecular formula is C14H22NO5PW. The first kappa shape index (κ1) is 19.9. The van der Waals surface area contributed by atoms with Crippen molar-refractivity contribution in [3.8, 4) is 6.07 Å². The van der Waals surface area contributed by atoms with Gasteiger partial charge in [0, 0.05) is 34.1 Å². The number of aliphatic hydroxyl groups is 1. The Hall–Kier alpha value is -0.112. The van der Waals surface area contributed by atoms with Crippen LogP contribution in [0.1, 0.15) is 20.6 Å². The van der Waals surface area contributed by atoms with Crippen molar-refractivity contribution in [2.75, 3.05) is 26.4 Å². The molecule has 8 heteroatoms. The number of rotatable bonds is 11. The molecule has 1 fully saturated rings. The van der Waals surface area contributed by atoms with Crippen molar-refractivity contribution in [3.05, 3.63) is 24.8 Å². The summed E-state index contributed by atoms with van der Waals surface area (Å²) in [5.41, 5.74) is 0. The van der Waals surface area contributed by atoms with Gasteiger partial charge < -0.3 is 23.4 Å². The van der Waals surface area contributed by atoms with Crippen LogP contribution in [-0.4, -0.2) is 43.7 Å². The number of hydrogen-bond acceptors (Lipinski definition) is 6. The molecule has 22 heavy (non-hydrogen) atoms. The number of hydrogen-bond donors (Lipinski definition) is 1. The van der Waals surface area contributed by atoms with E-state index in [2.05, 4.69) is 6.58 Å². The van der Waals surface area contributed by atoms with Gasteiger partial charge in [-0.3, -0.25) is 0 Å². The SMILES string of the molecule is [3H]C1CC(OP(OCCC#N)OCC/C=C/C=C)C(CO)O1.[W]. The van der Waals surface area contributed by atoms with Crippen molar-refractivity contribution < 1.29 is 45.9 Å². The summed E-state index contributed by atoms with van der Waals surface area (Å²) >= 11 is 0. The zero-order valence-corrected chi connectivity index (χ0v) is 16.1. The number of aliphatic hydroxyl groups excluding tert-OH is 1. The smallest absolute Gasteiger partial charge is 0.333 e. The van der Waals surface area contributed by atoms with E-state index in [9.17, 15) is 5.11 Å². The van der Waals surface area contributed by atoms with Crippen molar-refractivity contribution in [3.63, 3.8) is 0 Å². The monoisotopic (exact) mass is 501 g/mol. The summed E-state index contributed by atoms with van der Waals surface area (Å²) in [4.78, 5) is 0. The van der Waals surface area contributed by atoms with E-state index in [1.807, 2.05) is 18.2 Å². The van der Waals surface area contributed by atoms with Crippen LogP contribution in [0, 0.1) is 11.3 Å². The largest absolute Gasteiger partial charge is 0.394 e. The fraction of sp³-hybridized carbons (Fsp3) is 0.643. The van der Waals surface area contributed by atoms with Crippen molar-refractivity contribution in [2.45, 2.75) is 31.5 Å². The molecule has 0 spiro atoms. The van der Waals surface area contributed by atoms with Gasteiger partial charge in [0.2, 0.25) is 0 Å². The Labute approximate surface area is 148 Å². The van der Waals surface area contributed by atoms with E-state index in [4.69, 9.17) is 24.9 Å². The quantitative estimate of drug-likeness (QED) is 0.266. The minimum Gasteiger partial charge on any atom is -0.394 e. The van der Waals surface area contributed by atoms with E-state index >= 15 is 0 Å². The summed E-state index contributed by atoms with van der Waals surface area (Å²) in [5.74, 6) is 0. The zero-order valence-electron chi connectivity index (χ0n) is 13.3. The Balaban J connectivity index is 0.00000484. The number of nitrogens with zero attached hydrogens (tertiary/aromatic N) is 1. The summed E-state index contributed by atoms with van der Waals surface area (Å²) in [5, 5.41) is 17.8. The number of ether oxygens (including phenoxy) is 1. The first-order valence-corrected chi connectivity index (χ1v) is 7.86. The Morgan fingerprint density at radius 1 is 1.50 bits per heavy atom. The van der Waals surface area contributed by atoms with Crippen LogP contribution in [-0.2, 0) is 39.4 Å². The molecule has 0 radical (unpaired) electrons. The number of allylic oxidation sites excluding steroid dienone is 2. The first-order valence-electron chi connectivity index (χ1n) is 7.34. The molecule has 1 saturated heterocycles. The maximum atomic E-state index is 9.23. The van der Waals surface area contributed by atoms with Crippen LogP contribution in [0.5, 0.6) is 0 Å². The zero-order chi connectivity index (χ0) is 16.2. The van der Waals surface area contributed by atoms with Crippen molar-refractivity contribution in [2.24, 2.45) is 0 Å². The summed E-state index contributed by atoms with van der Waals surface area (Å²) in [6.45, 7) is 3.27. The van der Waals surface area contributed by atoms with Gasteiger partial charge >= 0.3 is 8.60 Å². The van der Waals surface area contributed by atoms with E-state index in [0.717, 1.165) is 0 Å². The van der Waals surface area contributed by atoms with Crippen LogP contribution >= 0.6 is 8.60 Å². The van der Waals surface area contributed by atoms with E-state index in [1.54, 1.807) is 6.08 Å². The molecule has 0 aliphatic carbocycles. The molecule has 6 nitrogen and oxygen atoms in total. The van der Waals surface area contributed by atoms with Crippen molar-refractivity contribution >= 4 is 8.60 Å². The third-order valence-corrected chi connectivity index (χ3v) is 3.81. The fourth-order valence-corrected chi connectivity index (χ4v) is 2.68. The molecule has 4 unspecified atom stereocenters. The molecule has 0 aromatic rings. The second kappa shape index (κ2) is 14.5. The van der Waals surface area contributed by atoms with Gasteiger partial charge in [0.1, 0.15) is 6.10 Å². The van der Waals surface area contributed by atoms with Crippen LogP contribution in [0.15, 0.2) is 24.8 Å². The van der Waals surface area contributed by atoms with Crippen LogP contribution < -0.4 is 0 Å². The standard InChI is InChI=1S/C14H22NO5P.W/c1-2-3-4-5-9-18-21(19-10-6-8-15)20-13-7-11-17-14(13)12-16;/h2-4,13-14,16H,1,5-7,9-12H2;/b4-3+;/i11T;. The molecule has 1 N–H and O–H groups in total. The van der Waals surface area contributed by atoms with E-state index in [0.29, 0.717) is 19.4 Å². The van der Waals surface area contributed by atoms with E-state index in [1.165, 1.54) is 0 Å². The van der Waals surface area contributed by atoms with Crippen LogP contribution in [0.3, 0.4) is 0 Å². The molecule has 1 aliphatic rings. The summed E-state index contributed by atoms with van der Waals surface area (Å²) in [6.07, 6.45) is 5.70. The van der Waals surface area contributed by atoms with Crippen molar-refractivity contribution in [1.29, 1.82) is 5.26 Å². The fourth-order valence-electron chi connectivity index (χ4n) is 1.55. The third kappa shape index (κ3) is 9.12. The van der Waals surface area contributed by atoms with E-state index < -0.39 is 27.4 Å². The summed E-state index contributed by atoms with van der Waals surface area (Å²) < 4.78 is 29.5. The van der Waals surface area contributed by atoms with Gasteiger partial charge in [-0.2, -0.15) is 5.26 Å². The Bertz CT molecular complexity index is 396. The second-order valence-corrected chi connectivity index (χ2v) is 5.33. The van der Waals surface area contributed by atoms with Crippen LogP contribution in [0.4, 0.5) is 0 Å². The van der Waals surface area contributed by atoms with Gasteiger partial charge in [-0.1, -0.05) is 24.8 Å². The molecule has 0 bridgehead atoms. The molecule has 0 amide bonds. The molecule has 0 aromatic heterocycles.